The summed E-state index contributed by atoms with van der Waals surface area (Å²) >= 11 is 3.98. The van der Waals surface area contributed by atoms with Gasteiger partial charge in [-0.25, -0.2) is 28.4 Å². The molecule has 8 atom stereocenters. The largest absolute Gasteiger partial charge is 0.394 e. The fourth-order valence-corrected chi connectivity index (χ4v) is 6.25. The van der Waals surface area contributed by atoms with Gasteiger partial charge in [-0.2, -0.15) is 10.1 Å². The molecule has 0 aliphatic carbocycles. The van der Waals surface area contributed by atoms with Crippen LogP contribution >= 0.6 is 19.0 Å². The van der Waals surface area contributed by atoms with E-state index in [9.17, 15) is 19.6 Å². The normalized spacial score (nSPS) is 29.9. The molecule has 220 valence electrons. The molecule has 21 heteroatoms. The van der Waals surface area contributed by atoms with Crippen molar-refractivity contribution in [3.8, 4) is 0 Å². The number of halogens is 1. The molecule has 0 spiro atoms. The number of hydrogen-bond donors (Lipinski definition) is 6. The van der Waals surface area contributed by atoms with Crippen molar-refractivity contribution in [3.05, 3.63) is 34.9 Å². The fraction of sp³-hybridized carbons (Fsp3) is 0.500. The summed E-state index contributed by atoms with van der Waals surface area (Å²) in [5.74, 6) is -0.0666. The predicted octanol–water partition coefficient (Wildman–Crippen LogP) is -0.720. The zero-order valence-corrected chi connectivity index (χ0v) is 22.6. The van der Waals surface area contributed by atoms with Crippen molar-refractivity contribution in [1.82, 2.24) is 39.1 Å². The number of aliphatic hydroxyl groups excluding tert-OH is 2. The van der Waals surface area contributed by atoms with Crippen molar-refractivity contribution in [2.45, 2.75) is 49.3 Å². The number of hydrogen-bond acceptors (Lipinski definition) is 15. The molecule has 0 amide bonds. The molecule has 41 heavy (non-hydrogen) atoms. The van der Waals surface area contributed by atoms with E-state index in [1.807, 2.05) is 0 Å². The summed E-state index contributed by atoms with van der Waals surface area (Å²) in [4.78, 5) is 30.5. The number of thiol groups is 1. The molecule has 0 radical (unpaired) electrons. The van der Waals surface area contributed by atoms with Crippen LogP contribution in [0.3, 0.4) is 0 Å². The lowest BCUT2D eigenvalue weighted by atomic mass is 10.1. The number of alkyl halides is 1. The number of aliphatic hydroxyl groups is 2. The maximum absolute atomic E-state index is 15.3. The second kappa shape index (κ2) is 10.6. The summed E-state index contributed by atoms with van der Waals surface area (Å²) in [6.07, 6.45) is -5.03. The van der Waals surface area contributed by atoms with Gasteiger partial charge in [0.15, 0.2) is 35.0 Å². The number of H-pyrrole nitrogens is 1. The number of nitrogen functional groups attached to an aromatic ring is 2. The first-order valence-electron chi connectivity index (χ1n) is 12.1. The summed E-state index contributed by atoms with van der Waals surface area (Å²) in [7, 11) is 0. The van der Waals surface area contributed by atoms with Crippen molar-refractivity contribution >= 4 is 47.6 Å². The number of anilines is 2. The highest BCUT2D eigenvalue weighted by atomic mass is 32.7. The van der Waals surface area contributed by atoms with Crippen LogP contribution in [0.25, 0.3) is 16.8 Å². The molecule has 2 unspecified atom stereocenters. The zero-order chi connectivity index (χ0) is 29.1. The Morgan fingerprint density at radius 2 is 2.05 bits per heavy atom. The minimum absolute atomic E-state index is 0.0569. The lowest BCUT2D eigenvalue weighted by molar-refractivity contribution is -0.0491. The Morgan fingerprint density at radius 3 is 2.83 bits per heavy atom. The van der Waals surface area contributed by atoms with Crippen LogP contribution in [-0.2, 0) is 23.1 Å². The lowest BCUT2D eigenvalue weighted by Gasteiger charge is -2.25. The number of imidazole rings is 2. The van der Waals surface area contributed by atoms with Gasteiger partial charge in [-0.3, -0.25) is 23.4 Å². The summed E-state index contributed by atoms with van der Waals surface area (Å²) in [5, 5.41) is 24.3. The quantitative estimate of drug-likeness (QED) is 0.106. The number of fused-ring (bicyclic) bond motifs is 2. The van der Waals surface area contributed by atoms with Crippen molar-refractivity contribution in [2.24, 2.45) is 0 Å². The van der Waals surface area contributed by atoms with Crippen LogP contribution < -0.4 is 17.0 Å². The predicted molar refractivity (Wildman–Crippen MR) is 139 cm³/mol. The monoisotopic (exact) mass is 614 g/mol. The smallest absolute Gasteiger partial charge is 0.386 e. The number of ether oxygens (including phenoxy) is 2. The summed E-state index contributed by atoms with van der Waals surface area (Å²) in [5.41, 5.74) is 11.5. The first-order chi connectivity index (χ1) is 19.6. The second-order valence-electron chi connectivity index (χ2n) is 9.33. The summed E-state index contributed by atoms with van der Waals surface area (Å²) in [6, 6.07) is 0. The molecular formula is C20H24FN10O8PS. The highest BCUT2D eigenvalue weighted by molar-refractivity contribution is 8.44. The lowest BCUT2D eigenvalue weighted by Crippen LogP contribution is -2.32. The van der Waals surface area contributed by atoms with E-state index in [4.69, 9.17) is 30.0 Å². The maximum atomic E-state index is 15.3. The molecule has 6 heterocycles. The van der Waals surface area contributed by atoms with Crippen molar-refractivity contribution in [2.75, 3.05) is 24.7 Å². The van der Waals surface area contributed by atoms with E-state index in [1.165, 1.54) is 21.6 Å². The average Bonchev–Trinajstić information content (AvgIpc) is 3.69. The third-order valence-corrected chi connectivity index (χ3v) is 8.35. The molecule has 4 aromatic rings. The highest BCUT2D eigenvalue weighted by Crippen LogP contribution is 2.57. The molecule has 7 N–H and O–H groups in total. The zero-order valence-electron chi connectivity index (χ0n) is 20.8. The Balaban J connectivity index is 1.17. The van der Waals surface area contributed by atoms with Crippen LogP contribution in [-0.4, -0.2) is 93.1 Å². The van der Waals surface area contributed by atoms with Crippen LogP contribution in [0.15, 0.2) is 23.6 Å². The summed E-state index contributed by atoms with van der Waals surface area (Å²) in [6.45, 7) is -5.51. The Labute approximate surface area is 233 Å². The van der Waals surface area contributed by atoms with Crippen molar-refractivity contribution < 1.29 is 37.7 Å². The van der Waals surface area contributed by atoms with Gasteiger partial charge in [0.05, 0.1) is 37.5 Å². The minimum Gasteiger partial charge on any atom is -0.394 e. The molecule has 0 aromatic carbocycles. The van der Waals surface area contributed by atoms with E-state index in [2.05, 4.69) is 42.3 Å². The van der Waals surface area contributed by atoms with Gasteiger partial charge in [0.25, 0.3) is 5.56 Å². The van der Waals surface area contributed by atoms with Crippen LogP contribution in [0, 0.1) is 0 Å². The molecule has 18 nitrogen and oxygen atoms in total. The third kappa shape index (κ3) is 5.06. The fourth-order valence-electron chi connectivity index (χ4n) is 4.80. The van der Waals surface area contributed by atoms with E-state index in [0.29, 0.717) is 11.3 Å². The highest BCUT2D eigenvalue weighted by Gasteiger charge is 2.50. The summed E-state index contributed by atoms with van der Waals surface area (Å²) < 4.78 is 53.4. The van der Waals surface area contributed by atoms with Gasteiger partial charge in [-0.15, -0.1) is 0 Å². The molecular weight excluding hydrogens is 590 g/mol. The first-order valence-corrected chi connectivity index (χ1v) is 14.8. The molecule has 2 fully saturated rings. The molecule has 0 saturated carbocycles. The van der Waals surface area contributed by atoms with Crippen LogP contribution in [0.2, 0.25) is 0 Å². The number of nitrogens with one attached hydrogen (secondary N) is 1. The SMILES string of the molecule is Nc1nc2c(ncn2C2O[C@H](CO)[C@@H](F)[C@H]2OP(=O)(S)OC[C@H]2O[C@@H](c3cnc4c(N)ncnn34)C[C@@H]2O)c(=O)[nH]1. The van der Waals surface area contributed by atoms with Gasteiger partial charge in [0.1, 0.15) is 30.7 Å². The Morgan fingerprint density at radius 1 is 1.24 bits per heavy atom. The van der Waals surface area contributed by atoms with Gasteiger partial charge in [0.2, 0.25) is 5.95 Å². The first kappa shape index (κ1) is 27.9. The van der Waals surface area contributed by atoms with Gasteiger partial charge in [-0.05, 0) is 0 Å². The minimum atomic E-state index is -4.34. The molecule has 0 bridgehead atoms. The Hall–Kier alpha value is -3.23. The van der Waals surface area contributed by atoms with E-state index < -0.39 is 68.5 Å². The Kier molecular flexibility index (Phi) is 7.19. The van der Waals surface area contributed by atoms with Crippen LogP contribution in [0.5, 0.6) is 0 Å². The molecule has 4 aromatic heterocycles. The van der Waals surface area contributed by atoms with Crippen LogP contribution in [0.4, 0.5) is 16.2 Å². The molecule has 6 rings (SSSR count). The van der Waals surface area contributed by atoms with Gasteiger partial charge in [0, 0.05) is 6.42 Å². The van der Waals surface area contributed by atoms with Crippen LogP contribution in [0.1, 0.15) is 24.4 Å². The van der Waals surface area contributed by atoms with E-state index >= 15 is 4.39 Å². The second-order valence-corrected chi connectivity index (χ2v) is 12.2. The van der Waals surface area contributed by atoms with E-state index in [-0.39, 0.29) is 29.4 Å². The number of aromatic amines is 1. The molecule has 2 aliphatic heterocycles. The average molecular weight is 615 g/mol. The van der Waals surface area contributed by atoms with Crippen molar-refractivity contribution in [1.29, 1.82) is 0 Å². The van der Waals surface area contributed by atoms with E-state index in [1.54, 1.807) is 0 Å². The number of aromatic nitrogens is 8. The third-order valence-electron chi connectivity index (χ3n) is 6.74. The topological polar surface area (TPSA) is 253 Å². The molecule has 2 aliphatic rings. The standard InChI is InChI=1S/C20H24FN10O8PS/c21-12-10(3-32)38-19(30-6-26-13-16(30)28-20(23)29-18(13)34)14(12)39-40(35,41)36-4-11-8(33)1-9(37-11)7-2-24-17-15(22)25-5-27-31(7)17/h2,5-6,8-12,14,19,32-33H,1,3-4H2,(H,35,41)(H2,22,25,27)(H3,23,28,29,34)/t8-,9+,10+,11+,12+,14+,19?,40?/m0/s1. The van der Waals surface area contributed by atoms with Gasteiger partial charge in [-0.1, -0.05) is 12.2 Å². The number of nitrogens with zero attached hydrogens (tertiary/aromatic N) is 7. The number of nitrogens with two attached hydrogens (primary N) is 2. The Bertz CT molecular complexity index is 1700. The van der Waals surface area contributed by atoms with Gasteiger partial charge < -0.3 is 31.2 Å². The number of rotatable bonds is 8. The van der Waals surface area contributed by atoms with Gasteiger partial charge >= 0.3 is 6.80 Å². The van der Waals surface area contributed by atoms with E-state index in [0.717, 1.165) is 6.33 Å². The maximum Gasteiger partial charge on any atom is 0.386 e. The van der Waals surface area contributed by atoms with Crippen molar-refractivity contribution in [3.63, 3.8) is 0 Å². The molecule has 2 saturated heterocycles.